The van der Waals surface area contributed by atoms with Gasteiger partial charge in [0.2, 0.25) is 11.8 Å². The topological polar surface area (TPSA) is 96.0 Å². The summed E-state index contributed by atoms with van der Waals surface area (Å²) in [6.45, 7) is 13.5. The second-order valence-electron chi connectivity index (χ2n) is 14.1. The van der Waals surface area contributed by atoms with E-state index in [1.807, 2.05) is 92.4 Å². The summed E-state index contributed by atoms with van der Waals surface area (Å²) in [5, 5.41) is 2.82. The molecule has 1 N–H and O–H groups in total. The quantitative estimate of drug-likeness (QED) is 0.280. The standard InChI is InChI=1S/C38H47N3O5/c1-26(42)29-19-17-28(18-20-29)24-40(22-21-27-13-9-8-10-14-27)34(43)32-23-30-15-11-12-16-31(30)25-41(32)35(44)33(37(2,3)4)39-36(45)46-38(5,6)7/h8-20,32-33H,21-25H2,1-7H3,(H,39,45)/t32-,33+/m0/s1. The number of fused-ring (bicyclic) bond motifs is 1. The van der Waals surface area contributed by atoms with Crippen molar-refractivity contribution in [1.29, 1.82) is 0 Å². The fraction of sp³-hybridized carbons (Fsp3) is 0.421. The molecule has 3 aromatic rings. The van der Waals surface area contributed by atoms with E-state index in [9.17, 15) is 19.2 Å². The molecule has 0 aliphatic carbocycles. The van der Waals surface area contributed by atoms with Crippen LogP contribution in [0.25, 0.3) is 0 Å². The van der Waals surface area contributed by atoms with Crippen LogP contribution in [0.5, 0.6) is 0 Å². The van der Waals surface area contributed by atoms with E-state index in [-0.39, 0.29) is 24.1 Å². The molecule has 0 saturated carbocycles. The van der Waals surface area contributed by atoms with Crippen LogP contribution < -0.4 is 5.32 Å². The van der Waals surface area contributed by atoms with E-state index in [0.717, 1.165) is 22.3 Å². The van der Waals surface area contributed by atoms with Gasteiger partial charge < -0.3 is 19.9 Å². The lowest BCUT2D eigenvalue weighted by molar-refractivity contribution is -0.150. The van der Waals surface area contributed by atoms with E-state index in [2.05, 4.69) is 5.32 Å². The monoisotopic (exact) mass is 625 g/mol. The highest BCUT2D eigenvalue weighted by molar-refractivity contribution is 5.94. The van der Waals surface area contributed by atoms with Gasteiger partial charge in [-0.15, -0.1) is 0 Å². The van der Waals surface area contributed by atoms with Crippen LogP contribution in [-0.2, 0) is 40.3 Å². The maximum absolute atomic E-state index is 14.7. The molecule has 244 valence electrons. The molecule has 0 bridgehead atoms. The fourth-order valence-electron chi connectivity index (χ4n) is 5.67. The lowest BCUT2D eigenvalue weighted by Crippen LogP contribution is -2.61. The average Bonchev–Trinajstić information content (AvgIpc) is 3.00. The molecule has 0 aromatic heterocycles. The Morgan fingerprint density at radius 2 is 1.46 bits per heavy atom. The van der Waals surface area contributed by atoms with Gasteiger partial charge in [0.1, 0.15) is 17.7 Å². The zero-order valence-corrected chi connectivity index (χ0v) is 28.1. The molecule has 0 saturated heterocycles. The Balaban J connectivity index is 1.69. The summed E-state index contributed by atoms with van der Waals surface area (Å²) in [6, 6.07) is 23.4. The molecule has 8 heteroatoms. The number of rotatable bonds is 9. The van der Waals surface area contributed by atoms with Crippen LogP contribution in [0, 0.1) is 5.41 Å². The number of alkyl carbamates (subject to hydrolysis) is 1. The van der Waals surface area contributed by atoms with Crippen molar-refractivity contribution in [3.8, 4) is 0 Å². The molecule has 1 aliphatic rings. The van der Waals surface area contributed by atoms with E-state index in [0.29, 0.717) is 31.5 Å². The van der Waals surface area contributed by atoms with E-state index in [4.69, 9.17) is 4.74 Å². The number of ketones is 1. The first kappa shape index (κ1) is 34.4. The van der Waals surface area contributed by atoms with Gasteiger partial charge in [0.05, 0.1) is 0 Å². The number of amides is 3. The minimum atomic E-state index is -0.931. The van der Waals surface area contributed by atoms with E-state index >= 15 is 0 Å². The van der Waals surface area contributed by atoms with E-state index in [1.54, 1.807) is 37.8 Å². The van der Waals surface area contributed by atoms with E-state index < -0.39 is 29.2 Å². The molecule has 8 nitrogen and oxygen atoms in total. The summed E-state index contributed by atoms with van der Waals surface area (Å²) in [5.41, 5.74) is 3.19. The highest BCUT2D eigenvalue weighted by atomic mass is 16.6. The minimum Gasteiger partial charge on any atom is -0.444 e. The Morgan fingerprint density at radius 1 is 0.848 bits per heavy atom. The molecule has 1 aliphatic heterocycles. The molecule has 3 aromatic carbocycles. The van der Waals surface area contributed by atoms with Crippen molar-refractivity contribution in [1.82, 2.24) is 15.1 Å². The summed E-state index contributed by atoms with van der Waals surface area (Å²) in [6.07, 6.45) is 0.314. The maximum atomic E-state index is 14.7. The molecule has 1 heterocycles. The molecule has 0 spiro atoms. The normalized spacial score (nSPS) is 15.4. The Labute approximate surface area is 273 Å². The van der Waals surface area contributed by atoms with Crippen molar-refractivity contribution in [2.24, 2.45) is 5.41 Å². The molecule has 4 rings (SSSR count). The molecule has 46 heavy (non-hydrogen) atoms. The second-order valence-corrected chi connectivity index (χ2v) is 14.1. The van der Waals surface area contributed by atoms with Crippen molar-refractivity contribution in [2.45, 2.75) is 92.1 Å². The molecule has 3 amide bonds. The smallest absolute Gasteiger partial charge is 0.408 e. The van der Waals surface area contributed by atoms with Gasteiger partial charge in [-0.05, 0) is 61.8 Å². The first-order chi connectivity index (χ1) is 21.6. The third-order valence-electron chi connectivity index (χ3n) is 8.15. The SMILES string of the molecule is CC(=O)c1ccc(CN(CCc2ccccc2)C(=O)[C@@H]2Cc3ccccc3CN2C(=O)[C@@H](NC(=O)OC(C)(C)C)C(C)(C)C)cc1. The van der Waals surface area contributed by atoms with Crippen LogP contribution in [0.15, 0.2) is 78.9 Å². The summed E-state index contributed by atoms with van der Waals surface area (Å²) in [5.74, 6) is -0.522. The summed E-state index contributed by atoms with van der Waals surface area (Å²) in [4.78, 5) is 57.4. The largest absolute Gasteiger partial charge is 0.444 e. The van der Waals surface area contributed by atoms with Crippen LogP contribution in [0.3, 0.4) is 0 Å². The number of carbonyl (C=O) groups is 4. The van der Waals surface area contributed by atoms with Gasteiger partial charge in [0, 0.05) is 31.6 Å². The number of hydrogen-bond donors (Lipinski definition) is 1. The minimum absolute atomic E-state index is 0.0213. The maximum Gasteiger partial charge on any atom is 0.408 e. The number of carbonyl (C=O) groups excluding carboxylic acids is 4. The third-order valence-corrected chi connectivity index (χ3v) is 8.15. The van der Waals surface area contributed by atoms with Crippen LogP contribution >= 0.6 is 0 Å². The number of ether oxygens (including phenoxy) is 1. The van der Waals surface area contributed by atoms with Crippen LogP contribution in [0.2, 0.25) is 0 Å². The van der Waals surface area contributed by atoms with Crippen molar-refractivity contribution >= 4 is 23.7 Å². The summed E-state index contributed by atoms with van der Waals surface area (Å²) >= 11 is 0. The highest BCUT2D eigenvalue weighted by Gasteiger charge is 2.43. The summed E-state index contributed by atoms with van der Waals surface area (Å²) in [7, 11) is 0. The Bertz CT molecular complexity index is 1540. The fourth-order valence-corrected chi connectivity index (χ4v) is 5.67. The van der Waals surface area contributed by atoms with Crippen LogP contribution in [0.4, 0.5) is 4.79 Å². The third kappa shape index (κ3) is 9.05. The number of hydrogen-bond acceptors (Lipinski definition) is 5. The lowest BCUT2D eigenvalue weighted by Gasteiger charge is -2.42. The van der Waals surface area contributed by atoms with Crippen molar-refractivity contribution in [2.75, 3.05) is 6.54 Å². The number of Topliss-reactive ketones (excluding diaryl/α,β-unsaturated/α-hetero) is 1. The molecular formula is C38H47N3O5. The predicted molar refractivity (Wildman–Crippen MR) is 179 cm³/mol. The van der Waals surface area contributed by atoms with Gasteiger partial charge in [-0.1, -0.05) is 99.6 Å². The number of nitrogens with zero attached hydrogens (tertiary/aromatic N) is 2. The molecular weight excluding hydrogens is 578 g/mol. The second kappa shape index (κ2) is 14.3. The van der Waals surface area contributed by atoms with Gasteiger partial charge >= 0.3 is 6.09 Å². The highest BCUT2D eigenvalue weighted by Crippen LogP contribution is 2.30. The summed E-state index contributed by atoms with van der Waals surface area (Å²) < 4.78 is 5.52. The molecule has 2 atom stereocenters. The van der Waals surface area contributed by atoms with Gasteiger partial charge in [-0.3, -0.25) is 14.4 Å². The number of benzene rings is 3. The Morgan fingerprint density at radius 3 is 2.04 bits per heavy atom. The van der Waals surface area contributed by atoms with Gasteiger partial charge in [-0.25, -0.2) is 4.79 Å². The number of nitrogens with one attached hydrogen (secondary N) is 1. The van der Waals surface area contributed by atoms with Crippen LogP contribution in [0.1, 0.15) is 81.1 Å². The Kier molecular flexibility index (Phi) is 10.7. The zero-order chi connectivity index (χ0) is 33.6. The molecule has 0 fully saturated rings. The van der Waals surface area contributed by atoms with Crippen LogP contribution in [-0.4, -0.2) is 57.7 Å². The first-order valence-electron chi connectivity index (χ1n) is 15.9. The van der Waals surface area contributed by atoms with E-state index in [1.165, 1.54) is 6.92 Å². The Hall–Kier alpha value is -4.46. The lowest BCUT2D eigenvalue weighted by atomic mass is 9.84. The van der Waals surface area contributed by atoms with Gasteiger partial charge in [-0.2, -0.15) is 0 Å². The van der Waals surface area contributed by atoms with Gasteiger partial charge in [0.25, 0.3) is 0 Å². The predicted octanol–water partition coefficient (Wildman–Crippen LogP) is 6.35. The average molecular weight is 626 g/mol. The first-order valence-corrected chi connectivity index (χ1v) is 15.9. The molecule has 0 unspecified atom stereocenters. The van der Waals surface area contributed by atoms with Crippen molar-refractivity contribution < 1.29 is 23.9 Å². The van der Waals surface area contributed by atoms with Gasteiger partial charge in [0.15, 0.2) is 5.78 Å². The van der Waals surface area contributed by atoms with Crippen molar-refractivity contribution in [3.63, 3.8) is 0 Å². The zero-order valence-electron chi connectivity index (χ0n) is 28.1. The molecule has 0 radical (unpaired) electrons. The van der Waals surface area contributed by atoms with Crippen molar-refractivity contribution in [3.05, 3.63) is 107 Å².